The molecule has 1 amide bonds. The van der Waals surface area contributed by atoms with Gasteiger partial charge in [0.25, 0.3) is 0 Å². The van der Waals surface area contributed by atoms with Crippen molar-refractivity contribution < 1.29 is 22.7 Å². The summed E-state index contributed by atoms with van der Waals surface area (Å²) in [7, 11) is 4.84. The first-order chi connectivity index (χ1) is 14.2. The van der Waals surface area contributed by atoms with Crippen LogP contribution in [0, 0.1) is 0 Å². The average molecular weight is 571 g/mol. The quantitative estimate of drug-likeness (QED) is 0.289. The number of likely N-dealkylation sites (N-methyl/N-ethyl adjacent to an activating group) is 1. The van der Waals surface area contributed by atoms with Crippen LogP contribution in [-0.2, 0) is 23.9 Å². The van der Waals surface area contributed by atoms with Crippen LogP contribution in [0.4, 0.5) is 13.2 Å². The maximum atomic E-state index is 12.7. The summed E-state index contributed by atoms with van der Waals surface area (Å²) in [5.74, 6) is 0.891. The number of ether oxygens (including phenoxy) is 1. The molecule has 0 saturated carbocycles. The Morgan fingerprint density at radius 1 is 1.23 bits per heavy atom. The van der Waals surface area contributed by atoms with Gasteiger partial charge in [-0.25, -0.2) is 9.98 Å². The second-order valence-corrected chi connectivity index (χ2v) is 7.40. The minimum atomic E-state index is -4.47. The highest BCUT2D eigenvalue weighted by molar-refractivity contribution is 14.0. The highest BCUT2D eigenvalue weighted by Crippen LogP contribution is 2.29. The maximum Gasteiger partial charge on any atom is 0.434 e. The molecule has 0 fully saturated rings. The topological polar surface area (TPSA) is 78.8 Å². The predicted octanol–water partition coefficient (Wildman–Crippen LogP) is 3.15. The Morgan fingerprint density at radius 2 is 1.90 bits per heavy atom. The molecule has 1 heterocycles. The molecule has 12 heteroatoms. The lowest BCUT2D eigenvalue weighted by atomic mass is 10.1. The van der Waals surface area contributed by atoms with Crippen molar-refractivity contribution in [1.29, 1.82) is 0 Å². The van der Waals surface area contributed by atoms with E-state index in [1.807, 2.05) is 24.3 Å². The standard InChI is InChI=1S/C19H24F3N5O2S.HI/c1-27(2)17(28)11-25-18(23-9-8-13-4-6-14(29-3)7-5-13)24-10-16-26-15(12-30-16)19(20,21)22;/h4-7,12H,8-11H2,1-3H3,(H2,23,24,25);1H. The van der Waals surface area contributed by atoms with Gasteiger partial charge in [-0.05, 0) is 24.1 Å². The van der Waals surface area contributed by atoms with Crippen molar-refractivity contribution in [3.05, 3.63) is 45.9 Å². The molecule has 1 aromatic heterocycles. The van der Waals surface area contributed by atoms with Crippen molar-refractivity contribution in [2.45, 2.75) is 19.1 Å². The van der Waals surface area contributed by atoms with E-state index in [0.717, 1.165) is 28.0 Å². The fourth-order valence-electron chi connectivity index (χ4n) is 2.26. The van der Waals surface area contributed by atoms with Crippen LogP contribution in [0.2, 0.25) is 0 Å². The first-order valence-corrected chi connectivity index (χ1v) is 9.94. The number of guanidine groups is 1. The van der Waals surface area contributed by atoms with Gasteiger partial charge in [0.05, 0.1) is 13.7 Å². The van der Waals surface area contributed by atoms with Crippen LogP contribution >= 0.6 is 35.3 Å². The van der Waals surface area contributed by atoms with Crippen molar-refractivity contribution in [3.63, 3.8) is 0 Å². The van der Waals surface area contributed by atoms with Crippen LogP contribution in [0.3, 0.4) is 0 Å². The summed E-state index contributed by atoms with van der Waals surface area (Å²) in [6.07, 6.45) is -3.79. The first kappa shape index (κ1) is 26.9. The van der Waals surface area contributed by atoms with E-state index < -0.39 is 11.9 Å². The second-order valence-electron chi connectivity index (χ2n) is 6.46. The van der Waals surface area contributed by atoms with Crippen molar-refractivity contribution >= 4 is 47.2 Å². The minimum absolute atomic E-state index is 0. The molecule has 0 aliphatic rings. The van der Waals surface area contributed by atoms with Crippen molar-refractivity contribution in [2.75, 3.05) is 34.3 Å². The third-order valence-electron chi connectivity index (χ3n) is 3.99. The predicted molar refractivity (Wildman–Crippen MR) is 125 cm³/mol. The fraction of sp³-hybridized carbons (Fsp3) is 0.421. The number of carbonyl (C=O) groups excluding carboxylic acids is 1. The number of nitrogens with one attached hydrogen (secondary N) is 2. The molecule has 0 aliphatic carbocycles. The zero-order valence-electron chi connectivity index (χ0n) is 17.3. The number of amides is 1. The number of aromatic nitrogens is 1. The van der Waals surface area contributed by atoms with Crippen LogP contribution in [0.5, 0.6) is 5.75 Å². The molecule has 0 bridgehead atoms. The Balaban J connectivity index is 0.00000480. The van der Waals surface area contributed by atoms with Gasteiger partial charge in [-0.2, -0.15) is 13.2 Å². The number of alkyl halides is 3. The number of hydrogen-bond acceptors (Lipinski definition) is 5. The normalized spacial score (nSPS) is 11.5. The Hall–Kier alpha value is -2.09. The van der Waals surface area contributed by atoms with Crippen LogP contribution in [0.15, 0.2) is 34.6 Å². The van der Waals surface area contributed by atoms with Crippen molar-refractivity contribution in [3.8, 4) is 5.75 Å². The number of aliphatic imine (C=N–C) groups is 1. The molecule has 2 aromatic rings. The monoisotopic (exact) mass is 571 g/mol. The average Bonchev–Trinajstić information content (AvgIpc) is 3.19. The van der Waals surface area contributed by atoms with Gasteiger partial charge in [-0.1, -0.05) is 12.1 Å². The molecular formula is C19H25F3IN5O2S. The van der Waals surface area contributed by atoms with Crippen molar-refractivity contribution in [1.82, 2.24) is 20.5 Å². The van der Waals surface area contributed by atoms with Gasteiger partial charge >= 0.3 is 6.18 Å². The summed E-state index contributed by atoms with van der Waals surface area (Å²) in [5.41, 5.74) is 0.153. The van der Waals surface area contributed by atoms with Crippen LogP contribution < -0.4 is 15.4 Å². The van der Waals surface area contributed by atoms with E-state index in [0.29, 0.717) is 18.9 Å². The number of thiazole rings is 1. The first-order valence-electron chi connectivity index (χ1n) is 9.06. The fourth-order valence-corrected chi connectivity index (χ4v) is 3.00. The SMILES string of the molecule is COc1ccc(CCNC(=NCC(=O)N(C)C)NCc2nc(C(F)(F)F)cs2)cc1.I. The van der Waals surface area contributed by atoms with Gasteiger partial charge in [0.1, 0.15) is 17.3 Å². The molecule has 0 spiro atoms. The van der Waals surface area contributed by atoms with Gasteiger partial charge in [0.15, 0.2) is 11.7 Å². The highest BCUT2D eigenvalue weighted by atomic mass is 127. The van der Waals surface area contributed by atoms with E-state index in [9.17, 15) is 18.0 Å². The molecule has 0 unspecified atom stereocenters. The Morgan fingerprint density at radius 3 is 2.45 bits per heavy atom. The molecule has 1 aromatic carbocycles. The molecular weight excluding hydrogens is 546 g/mol. The van der Waals surface area contributed by atoms with E-state index in [2.05, 4.69) is 20.6 Å². The Labute approximate surface area is 200 Å². The lowest BCUT2D eigenvalue weighted by Crippen LogP contribution is -2.39. The molecule has 0 atom stereocenters. The van der Waals surface area contributed by atoms with Gasteiger partial charge in [0, 0.05) is 26.0 Å². The number of benzene rings is 1. The maximum absolute atomic E-state index is 12.7. The lowest BCUT2D eigenvalue weighted by molar-refractivity contribution is -0.140. The zero-order valence-corrected chi connectivity index (χ0v) is 20.5. The summed E-state index contributed by atoms with van der Waals surface area (Å²) in [6.45, 7) is 0.488. The smallest absolute Gasteiger partial charge is 0.434 e. The zero-order chi connectivity index (χ0) is 22.1. The molecule has 7 nitrogen and oxygen atoms in total. The number of rotatable bonds is 8. The van der Waals surface area contributed by atoms with E-state index in [-0.39, 0.29) is 48.0 Å². The molecule has 0 saturated heterocycles. The third kappa shape index (κ3) is 9.29. The summed E-state index contributed by atoms with van der Waals surface area (Å²) in [4.78, 5) is 21.0. The van der Waals surface area contributed by atoms with Gasteiger partial charge in [-0.3, -0.25) is 4.79 Å². The number of hydrogen-bond donors (Lipinski definition) is 2. The number of halogens is 4. The highest BCUT2D eigenvalue weighted by Gasteiger charge is 2.33. The third-order valence-corrected chi connectivity index (χ3v) is 4.83. The van der Waals surface area contributed by atoms with Crippen LogP contribution in [0.25, 0.3) is 0 Å². The Bertz CT molecular complexity index is 857. The van der Waals surface area contributed by atoms with E-state index in [1.165, 1.54) is 4.90 Å². The van der Waals surface area contributed by atoms with Crippen LogP contribution in [-0.4, -0.2) is 56.0 Å². The minimum Gasteiger partial charge on any atom is -0.497 e. The van der Waals surface area contributed by atoms with E-state index >= 15 is 0 Å². The molecule has 2 N–H and O–H groups in total. The molecule has 2 rings (SSSR count). The van der Waals surface area contributed by atoms with E-state index in [1.54, 1.807) is 21.2 Å². The second kappa shape index (κ2) is 12.7. The molecule has 31 heavy (non-hydrogen) atoms. The molecule has 172 valence electrons. The van der Waals surface area contributed by atoms with Gasteiger partial charge < -0.3 is 20.3 Å². The molecule has 0 radical (unpaired) electrons. The van der Waals surface area contributed by atoms with Gasteiger partial charge in [-0.15, -0.1) is 35.3 Å². The summed E-state index contributed by atoms with van der Waals surface area (Å²) >= 11 is 0.908. The summed E-state index contributed by atoms with van der Waals surface area (Å²) in [5, 5.41) is 7.26. The summed E-state index contributed by atoms with van der Waals surface area (Å²) < 4.78 is 43.2. The summed E-state index contributed by atoms with van der Waals surface area (Å²) in [6, 6.07) is 7.60. The lowest BCUT2D eigenvalue weighted by Gasteiger charge is -2.13. The van der Waals surface area contributed by atoms with Gasteiger partial charge in [0.2, 0.25) is 5.91 Å². The number of carbonyl (C=O) groups is 1. The van der Waals surface area contributed by atoms with Crippen molar-refractivity contribution in [2.24, 2.45) is 4.99 Å². The van der Waals surface area contributed by atoms with E-state index in [4.69, 9.17) is 4.74 Å². The number of nitrogens with zero attached hydrogens (tertiary/aromatic N) is 3. The van der Waals surface area contributed by atoms with Crippen LogP contribution in [0.1, 0.15) is 16.3 Å². The Kier molecular flexibility index (Phi) is 11.0. The number of methoxy groups -OCH3 is 1. The molecule has 0 aliphatic heterocycles. The largest absolute Gasteiger partial charge is 0.497 e.